The zero-order chi connectivity index (χ0) is 24.9. The minimum Gasteiger partial charge on any atom is -0.497 e. The van der Waals surface area contributed by atoms with Crippen LogP contribution in [-0.4, -0.2) is 24.9 Å². The van der Waals surface area contributed by atoms with Crippen molar-refractivity contribution in [2.75, 3.05) is 13.7 Å². The summed E-state index contributed by atoms with van der Waals surface area (Å²) in [5.41, 5.74) is -0.847. The predicted octanol–water partition coefficient (Wildman–Crippen LogP) is 7.22. The van der Waals surface area contributed by atoms with E-state index in [0.29, 0.717) is 29.1 Å². The first-order valence-corrected chi connectivity index (χ1v) is 10.2. The van der Waals surface area contributed by atoms with Gasteiger partial charge < -0.3 is 14.2 Å². The standard InChI is InChI=1S/C23H18ClF3N2O5/c1-3-33-21-11-14(13-28-16-5-7-17(32-2)8-6-16)10-18(24)22(21)34-20-9-4-15(23(25,26)27)12-19(20)29(30)31/h4-13H,3H2,1-2H3. The average Bonchev–Trinajstić information content (AvgIpc) is 2.79. The Bertz CT molecular complexity index is 1210. The molecule has 0 aliphatic carbocycles. The molecule has 3 rings (SSSR count). The second-order valence-electron chi connectivity index (χ2n) is 6.76. The molecule has 0 saturated heterocycles. The summed E-state index contributed by atoms with van der Waals surface area (Å²) in [4.78, 5) is 14.8. The van der Waals surface area contributed by atoms with Crippen LogP contribution in [0.1, 0.15) is 18.1 Å². The lowest BCUT2D eigenvalue weighted by molar-refractivity contribution is -0.385. The topological polar surface area (TPSA) is 83.2 Å². The van der Waals surface area contributed by atoms with E-state index in [9.17, 15) is 23.3 Å². The summed E-state index contributed by atoms with van der Waals surface area (Å²) in [7, 11) is 1.55. The molecular formula is C23H18ClF3N2O5. The van der Waals surface area contributed by atoms with Crippen molar-refractivity contribution >= 4 is 29.2 Å². The number of alkyl halides is 3. The van der Waals surface area contributed by atoms with Gasteiger partial charge in [0, 0.05) is 12.3 Å². The monoisotopic (exact) mass is 494 g/mol. The van der Waals surface area contributed by atoms with Gasteiger partial charge in [-0.05, 0) is 61.0 Å². The molecule has 0 heterocycles. The molecule has 0 spiro atoms. The van der Waals surface area contributed by atoms with E-state index in [1.165, 1.54) is 12.3 Å². The van der Waals surface area contributed by atoms with E-state index >= 15 is 0 Å². The third kappa shape index (κ3) is 5.96. The summed E-state index contributed by atoms with van der Waals surface area (Å²) < 4.78 is 55.1. The fourth-order valence-electron chi connectivity index (χ4n) is 2.87. The number of halogens is 4. The van der Waals surface area contributed by atoms with Gasteiger partial charge in [-0.2, -0.15) is 13.2 Å². The van der Waals surface area contributed by atoms with Gasteiger partial charge in [0.1, 0.15) is 5.75 Å². The lowest BCUT2D eigenvalue weighted by Gasteiger charge is -2.15. The van der Waals surface area contributed by atoms with Crippen molar-refractivity contribution in [3.8, 4) is 23.0 Å². The average molecular weight is 495 g/mol. The van der Waals surface area contributed by atoms with Crippen LogP contribution in [0.4, 0.5) is 24.5 Å². The summed E-state index contributed by atoms with van der Waals surface area (Å²) in [5, 5.41) is 11.4. The summed E-state index contributed by atoms with van der Waals surface area (Å²) in [6.07, 6.45) is -3.22. The van der Waals surface area contributed by atoms with Gasteiger partial charge in [0.05, 0.1) is 34.9 Å². The van der Waals surface area contributed by atoms with Crippen molar-refractivity contribution in [1.29, 1.82) is 0 Å². The van der Waals surface area contributed by atoms with Crippen LogP contribution in [0.15, 0.2) is 59.6 Å². The van der Waals surface area contributed by atoms with Gasteiger partial charge in [-0.25, -0.2) is 0 Å². The Labute approximate surface area is 197 Å². The molecule has 0 atom stereocenters. The number of aliphatic imine (C=N–C) groups is 1. The normalized spacial score (nSPS) is 11.5. The van der Waals surface area contributed by atoms with Gasteiger partial charge in [-0.15, -0.1) is 0 Å². The Balaban J connectivity index is 1.96. The number of rotatable bonds is 8. The Kier molecular flexibility index (Phi) is 7.62. The number of hydrogen-bond acceptors (Lipinski definition) is 6. The molecule has 0 radical (unpaired) electrons. The third-order valence-electron chi connectivity index (χ3n) is 4.46. The molecule has 0 unspecified atom stereocenters. The number of nitro benzene ring substituents is 1. The highest BCUT2D eigenvalue weighted by Gasteiger charge is 2.33. The third-order valence-corrected chi connectivity index (χ3v) is 4.74. The molecule has 3 aromatic carbocycles. The Morgan fingerprint density at radius 3 is 2.38 bits per heavy atom. The molecule has 0 aliphatic heterocycles. The van der Waals surface area contributed by atoms with E-state index in [2.05, 4.69) is 4.99 Å². The molecule has 0 saturated carbocycles. The number of nitrogens with zero attached hydrogens (tertiary/aromatic N) is 2. The van der Waals surface area contributed by atoms with Gasteiger partial charge in [0.15, 0.2) is 11.5 Å². The quantitative estimate of drug-likeness (QED) is 0.187. The van der Waals surface area contributed by atoms with Crippen molar-refractivity contribution in [2.45, 2.75) is 13.1 Å². The Hall–Kier alpha value is -3.79. The Morgan fingerprint density at radius 2 is 1.79 bits per heavy atom. The largest absolute Gasteiger partial charge is 0.497 e. The second-order valence-corrected chi connectivity index (χ2v) is 7.17. The van der Waals surface area contributed by atoms with Gasteiger partial charge in [0.25, 0.3) is 0 Å². The van der Waals surface area contributed by atoms with Gasteiger partial charge in [-0.1, -0.05) is 11.6 Å². The first kappa shape index (κ1) is 24.8. The minimum absolute atomic E-state index is 0.0244. The van der Waals surface area contributed by atoms with Crippen LogP contribution < -0.4 is 14.2 Å². The molecule has 0 aliphatic rings. The van der Waals surface area contributed by atoms with Crippen LogP contribution in [0.25, 0.3) is 0 Å². The fourth-order valence-corrected chi connectivity index (χ4v) is 3.13. The number of benzene rings is 3. The molecule has 0 amide bonds. The minimum atomic E-state index is -4.75. The zero-order valence-electron chi connectivity index (χ0n) is 17.9. The maximum Gasteiger partial charge on any atom is 0.416 e. The van der Waals surface area contributed by atoms with Crippen molar-refractivity contribution in [1.82, 2.24) is 0 Å². The van der Waals surface area contributed by atoms with E-state index in [1.54, 1.807) is 44.4 Å². The van der Waals surface area contributed by atoms with E-state index in [1.807, 2.05) is 0 Å². The van der Waals surface area contributed by atoms with Crippen LogP contribution in [0.2, 0.25) is 5.02 Å². The summed E-state index contributed by atoms with van der Waals surface area (Å²) in [6.45, 7) is 1.91. The lowest BCUT2D eigenvalue weighted by Crippen LogP contribution is -2.06. The van der Waals surface area contributed by atoms with Crippen LogP contribution in [-0.2, 0) is 6.18 Å². The van der Waals surface area contributed by atoms with E-state index in [4.69, 9.17) is 25.8 Å². The summed E-state index contributed by atoms with van der Waals surface area (Å²) >= 11 is 6.34. The van der Waals surface area contributed by atoms with Crippen LogP contribution in [0.3, 0.4) is 0 Å². The van der Waals surface area contributed by atoms with Gasteiger partial charge >= 0.3 is 11.9 Å². The number of ether oxygens (including phenoxy) is 3. The molecule has 3 aromatic rings. The Morgan fingerprint density at radius 1 is 1.09 bits per heavy atom. The molecule has 0 aromatic heterocycles. The molecule has 0 N–H and O–H groups in total. The van der Waals surface area contributed by atoms with Crippen LogP contribution in [0.5, 0.6) is 23.0 Å². The molecule has 178 valence electrons. The number of hydrogen-bond donors (Lipinski definition) is 0. The maximum absolute atomic E-state index is 13.0. The molecule has 11 heteroatoms. The van der Waals surface area contributed by atoms with Crippen molar-refractivity contribution in [2.24, 2.45) is 4.99 Å². The fraction of sp³-hybridized carbons (Fsp3) is 0.174. The van der Waals surface area contributed by atoms with E-state index < -0.39 is 28.1 Å². The predicted molar refractivity (Wildman–Crippen MR) is 121 cm³/mol. The highest BCUT2D eigenvalue weighted by molar-refractivity contribution is 6.32. The van der Waals surface area contributed by atoms with Gasteiger partial charge in [-0.3, -0.25) is 15.1 Å². The molecular weight excluding hydrogens is 477 g/mol. The summed E-state index contributed by atoms with van der Waals surface area (Å²) in [5.74, 6) is 0.327. The summed E-state index contributed by atoms with van der Waals surface area (Å²) in [6, 6.07) is 12.0. The maximum atomic E-state index is 13.0. The number of nitro groups is 1. The molecule has 0 fully saturated rings. The smallest absolute Gasteiger partial charge is 0.416 e. The van der Waals surface area contributed by atoms with E-state index in [-0.39, 0.29) is 23.1 Å². The molecule has 34 heavy (non-hydrogen) atoms. The lowest BCUT2D eigenvalue weighted by atomic mass is 10.1. The number of methoxy groups -OCH3 is 1. The molecule has 7 nitrogen and oxygen atoms in total. The zero-order valence-corrected chi connectivity index (χ0v) is 18.7. The van der Waals surface area contributed by atoms with Crippen molar-refractivity contribution < 1.29 is 32.3 Å². The molecule has 0 bridgehead atoms. The SMILES string of the molecule is CCOc1cc(C=Nc2ccc(OC)cc2)cc(Cl)c1Oc1ccc(C(F)(F)F)cc1[N+](=O)[O-]. The first-order valence-electron chi connectivity index (χ1n) is 9.80. The highest BCUT2D eigenvalue weighted by atomic mass is 35.5. The van der Waals surface area contributed by atoms with Crippen molar-refractivity contribution in [3.05, 3.63) is 80.9 Å². The highest BCUT2D eigenvalue weighted by Crippen LogP contribution is 2.43. The van der Waals surface area contributed by atoms with Crippen LogP contribution >= 0.6 is 11.6 Å². The van der Waals surface area contributed by atoms with Gasteiger partial charge in [0.2, 0.25) is 5.75 Å². The van der Waals surface area contributed by atoms with Crippen molar-refractivity contribution in [3.63, 3.8) is 0 Å². The van der Waals surface area contributed by atoms with Crippen LogP contribution in [0, 0.1) is 10.1 Å². The second kappa shape index (κ2) is 10.4. The van der Waals surface area contributed by atoms with E-state index in [0.717, 1.165) is 6.07 Å². The first-order chi connectivity index (χ1) is 16.1.